The van der Waals surface area contributed by atoms with Crippen LogP contribution in [0, 0.1) is 5.92 Å². The smallest absolute Gasteiger partial charge is 0.212 e. The Bertz CT molecular complexity index is 262. The SMILES string of the molecule is CCN(CCCCl)S(=O)(=O)CC1CC1. The van der Waals surface area contributed by atoms with Crippen LogP contribution < -0.4 is 0 Å². The lowest BCUT2D eigenvalue weighted by Gasteiger charge is -2.19. The highest BCUT2D eigenvalue weighted by Gasteiger charge is 2.30. The number of hydrogen-bond acceptors (Lipinski definition) is 2. The summed E-state index contributed by atoms with van der Waals surface area (Å²) in [6, 6.07) is 0. The van der Waals surface area contributed by atoms with Crippen molar-refractivity contribution in [3.05, 3.63) is 0 Å². The number of nitrogens with zero attached hydrogens (tertiary/aromatic N) is 1. The molecule has 0 aromatic rings. The summed E-state index contributed by atoms with van der Waals surface area (Å²) in [5.74, 6) is 1.28. The van der Waals surface area contributed by atoms with Gasteiger partial charge in [-0.2, -0.15) is 0 Å². The molecule has 0 saturated heterocycles. The second-order valence-corrected chi connectivity index (χ2v) is 6.15. The fraction of sp³-hybridized carbons (Fsp3) is 1.00. The molecule has 0 aromatic heterocycles. The molecule has 0 bridgehead atoms. The van der Waals surface area contributed by atoms with Crippen LogP contribution in [0.1, 0.15) is 26.2 Å². The van der Waals surface area contributed by atoms with E-state index in [1.807, 2.05) is 6.92 Å². The van der Waals surface area contributed by atoms with Gasteiger partial charge in [-0.25, -0.2) is 12.7 Å². The van der Waals surface area contributed by atoms with Crippen molar-refractivity contribution in [1.82, 2.24) is 4.31 Å². The number of rotatable bonds is 7. The minimum atomic E-state index is -3.01. The molecule has 14 heavy (non-hydrogen) atoms. The first kappa shape index (κ1) is 12.3. The molecular formula is C9H18ClNO2S. The van der Waals surface area contributed by atoms with Crippen molar-refractivity contribution in [3.8, 4) is 0 Å². The minimum absolute atomic E-state index is 0.336. The van der Waals surface area contributed by atoms with Crippen LogP contribution in [0.15, 0.2) is 0 Å². The summed E-state index contributed by atoms with van der Waals surface area (Å²) in [6.07, 6.45) is 2.89. The van der Waals surface area contributed by atoms with Gasteiger partial charge in [-0.3, -0.25) is 0 Å². The van der Waals surface area contributed by atoms with E-state index in [9.17, 15) is 8.42 Å². The molecule has 0 radical (unpaired) electrons. The first-order valence-corrected chi connectivity index (χ1v) is 7.28. The summed E-state index contributed by atoms with van der Waals surface area (Å²) in [6.45, 7) is 3.00. The van der Waals surface area contributed by atoms with Gasteiger partial charge < -0.3 is 0 Å². The molecule has 84 valence electrons. The zero-order chi connectivity index (χ0) is 10.6. The first-order chi connectivity index (χ1) is 6.60. The molecule has 1 aliphatic carbocycles. The van der Waals surface area contributed by atoms with Gasteiger partial charge in [-0.15, -0.1) is 11.6 Å². The zero-order valence-corrected chi connectivity index (χ0v) is 10.1. The summed E-state index contributed by atoms with van der Waals surface area (Å²) in [7, 11) is -3.01. The summed E-state index contributed by atoms with van der Waals surface area (Å²) in [5.41, 5.74) is 0. The summed E-state index contributed by atoms with van der Waals surface area (Å²) in [4.78, 5) is 0. The maximum Gasteiger partial charge on any atom is 0.214 e. The Kier molecular flexibility index (Phi) is 4.67. The van der Waals surface area contributed by atoms with Crippen molar-refractivity contribution in [3.63, 3.8) is 0 Å². The maximum absolute atomic E-state index is 11.8. The summed E-state index contributed by atoms with van der Waals surface area (Å²) in [5, 5.41) is 0. The van der Waals surface area contributed by atoms with Crippen LogP contribution in [0.3, 0.4) is 0 Å². The fourth-order valence-corrected chi connectivity index (χ4v) is 3.48. The van der Waals surface area contributed by atoms with Gasteiger partial charge in [0.05, 0.1) is 5.75 Å². The quantitative estimate of drug-likeness (QED) is 0.634. The molecule has 1 saturated carbocycles. The van der Waals surface area contributed by atoms with Gasteiger partial charge in [0.15, 0.2) is 0 Å². The van der Waals surface area contributed by atoms with E-state index in [-0.39, 0.29) is 0 Å². The number of hydrogen-bond donors (Lipinski definition) is 0. The molecule has 1 fully saturated rings. The topological polar surface area (TPSA) is 37.4 Å². The van der Waals surface area contributed by atoms with E-state index in [4.69, 9.17) is 11.6 Å². The fourth-order valence-electron chi connectivity index (χ4n) is 1.42. The molecule has 0 N–H and O–H groups in total. The molecular weight excluding hydrogens is 222 g/mol. The van der Waals surface area contributed by atoms with Crippen LogP contribution in [-0.4, -0.2) is 37.4 Å². The number of halogens is 1. The lowest BCUT2D eigenvalue weighted by atomic mass is 10.5. The third-order valence-electron chi connectivity index (χ3n) is 2.43. The molecule has 0 amide bonds. The monoisotopic (exact) mass is 239 g/mol. The van der Waals surface area contributed by atoms with Gasteiger partial charge >= 0.3 is 0 Å². The van der Waals surface area contributed by atoms with Crippen molar-refractivity contribution >= 4 is 21.6 Å². The van der Waals surface area contributed by atoms with Gasteiger partial charge in [-0.05, 0) is 25.2 Å². The van der Waals surface area contributed by atoms with E-state index in [0.29, 0.717) is 30.6 Å². The molecule has 0 atom stereocenters. The van der Waals surface area contributed by atoms with E-state index >= 15 is 0 Å². The third-order valence-corrected chi connectivity index (χ3v) is 4.82. The molecule has 3 nitrogen and oxygen atoms in total. The molecule has 0 heterocycles. The van der Waals surface area contributed by atoms with Gasteiger partial charge in [0, 0.05) is 19.0 Å². The van der Waals surface area contributed by atoms with E-state index < -0.39 is 10.0 Å². The van der Waals surface area contributed by atoms with Crippen molar-refractivity contribution in [2.45, 2.75) is 26.2 Å². The van der Waals surface area contributed by atoms with Crippen LogP contribution in [0.5, 0.6) is 0 Å². The summed E-state index contributed by atoms with van der Waals surface area (Å²) < 4.78 is 25.2. The van der Waals surface area contributed by atoms with Crippen molar-refractivity contribution in [2.75, 3.05) is 24.7 Å². The summed E-state index contributed by atoms with van der Waals surface area (Å²) >= 11 is 5.55. The van der Waals surface area contributed by atoms with E-state index in [1.54, 1.807) is 4.31 Å². The highest BCUT2D eigenvalue weighted by molar-refractivity contribution is 7.89. The lowest BCUT2D eigenvalue weighted by molar-refractivity contribution is 0.426. The number of sulfonamides is 1. The van der Waals surface area contributed by atoms with Crippen LogP contribution in [0.2, 0.25) is 0 Å². The third kappa shape index (κ3) is 3.75. The first-order valence-electron chi connectivity index (χ1n) is 5.14. The Morgan fingerprint density at radius 3 is 2.50 bits per heavy atom. The predicted molar refractivity (Wildman–Crippen MR) is 59.1 cm³/mol. The maximum atomic E-state index is 11.8. The Morgan fingerprint density at radius 1 is 1.43 bits per heavy atom. The second-order valence-electron chi connectivity index (χ2n) is 3.76. The largest absolute Gasteiger partial charge is 0.214 e. The molecule has 0 aromatic carbocycles. The lowest BCUT2D eigenvalue weighted by Crippen LogP contribution is -2.34. The number of alkyl halides is 1. The zero-order valence-electron chi connectivity index (χ0n) is 8.58. The van der Waals surface area contributed by atoms with Crippen LogP contribution in [0.25, 0.3) is 0 Å². The molecule has 0 unspecified atom stereocenters. The molecule has 0 aliphatic heterocycles. The Hall–Kier alpha value is 0.200. The Labute approximate surface area is 91.5 Å². The van der Waals surface area contributed by atoms with Crippen LogP contribution >= 0.6 is 11.6 Å². The highest BCUT2D eigenvalue weighted by Crippen LogP contribution is 2.31. The van der Waals surface area contributed by atoms with Gasteiger partial charge in [0.2, 0.25) is 10.0 Å². The van der Waals surface area contributed by atoms with Crippen LogP contribution in [0.4, 0.5) is 0 Å². The molecule has 5 heteroatoms. The Balaban J connectivity index is 2.47. The van der Waals surface area contributed by atoms with E-state index in [0.717, 1.165) is 19.3 Å². The van der Waals surface area contributed by atoms with Crippen molar-refractivity contribution in [1.29, 1.82) is 0 Å². The average molecular weight is 240 g/mol. The van der Waals surface area contributed by atoms with Crippen molar-refractivity contribution < 1.29 is 8.42 Å². The highest BCUT2D eigenvalue weighted by atomic mass is 35.5. The second kappa shape index (κ2) is 5.33. The van der Waals surface area contributed by atoms with E-state index in [1.165, 1.54) is 0 Å². The van der Waals surface area contributed by atoms with E-state index in [2.05, 4.69) is 0 Å². The molecule has 1 rings (SSSR count). The van der Waals surface area contributed by atoms with Crippen molar-refractivity contribution in [2.24, 2.45) is 5.92 Å². The normalized spacial score (nSPS) is 17.6. The predicted octanol–water partition coefficient (Wildman–Crippen LogP) is 1.68. The standard InChI is InChI=1S/C9H18ClNO2S/c1-2-11(7-3-6-10)14(12,13)8-9-4-5-9/h9H,2-8H2,1H3. The van der Waals surface area contributed by atoms with Gasteiger partial charge in [0.1, 0.15) is 0 Å². The Morgan fingerprint density at radius 2 is 2.07 bits per heavy atom. The van der Waals surface area contributed by atoms with Crippen LogP contribution in [-0.2, 0) is 10.0 Å². The minimum Gasteiger partial charge on any atom is -0.212 e. The van der Waals surface area contributed by atoms with Gasteiger partial charge in [0.25, 0.3) is 0 Å². The molecule has 0 spiro atoms. The average Bonchev–Trinajstić information content (AvgIpc) is 2.88. The van der Waals surface area contributed by atoms with Gasteiger partial charge in [-0.1, -0.05) is 6.92 Å². The molecule has 1 aliphatic rings.